The summed E-state index contributed by atoms with van der Waals surface area (Å²) in [5.41, 5.74) is 1.94. The van der Waals surface area contributed by atoms with Gasteiger partial charge in [0.05, 0.1) is 30.3 Å². The summed E-state index contributed by atoms with van der Waals surface area (Å²) in [6, 6.07) is 10.2. The summed E-state index contributed by atoms with van der Waals surface area (Å²) >= 11 is 0. The molecule has 0 fully saturated rings. The van der Waals surface area contributed by atoms with Gasteiger partial charge in [-0.25, -0.2) is 8.42 Å². The number of anilines is 2. The van der Waals surface area contributed by atoms with Crippen molar-refractivity contribution < 1.29 is 23.1 Å². The first-order chi connectivity index (χ1) is 14.3. The largest absolute Gasteiger partial charge is 0.506 e. The van der Waals surface area contributed by atoms with Gasteiger partial charge in [-0.05, 0) is 35.2 Å². The molecule has 0 saturated carbocycles. The summed E-state index contributed by atoms with van der Waals surface area (Å²) in [7, 11) is -0.475. The molecule has 1 amide bonds. The van der Waals surface area contributed by atoms with Crippen LogP contribution in [0.2, 0.25) is 0 Å². The number of carbonyl (C=O) groups is 1. The van der Waals surface area contributed by atoms with E-state index in [-0.39, 0.29) is 22.6 Å². The third kappa shape index (κ3) is 4.61. The number of carbonyl (C=O) groups excluding carboxylic acids is 1. The predicted octanol–water partition coefficient (Wildman–Crippen LogP) is 3.81. The maximum absolute atomic E-state index is 13.1. The lowest BCUT2D eigenvalue weighted by Crippen LogP contribution is -2.19. The highest BCUT2D eigenvalue weighted by atomic mass is 32.2. The van der Waals surface area contributed by atoms with Crippen LogP contribution in [0.3, 0.4) is 0 Å². The van der Waals surface area contributed by atoms with E-state index in [4.69, 9.17) is 4.74 Å². The second kappa shape index (κ2) is 7.81. The van der Waals surface area contributed by atoms with E-state index in [2.05, 4.69) is 10.0 Å². The van der Waals surface area contributed by atoms with E-state index in [1.807, 2.05) is 20.8 Å². The molecule has 0 aliphatic heterocycles. The van der Waals surface area contributed by atoms with Crippen molar-refractivity contribution >= 4 is 38.2 Å². The smallest absolute Gasteiger partial charge is 0.272 e. The molecule has 3 aromatic rings. The summed E-state index contributed by atoms with van der Waals surface area (Å²) in [4.78, 5) is 13.1. The fraction of sp³-hybridized carbons (Fsp3) is 0.318. The highest BCUT2D eigenvalue weighted by Gasteiger charge is 2.23. The summed E-state index contributed by atoms with van der Waals surface area (Å²) in [6.07, 6.45) is 1.05. The highest BCUT2D eigenvalue weighted by Crippen LogP contribution is 2.39. The maximum atomic E-state index is 13.1. The van der Waals surface area contributed by atoms with Crippen molar-refractivity contribution in [3.63, 3.8) is 0 Å². The SMILES string of the molecule is COc1c(NC(=O)c2cc3cccc(O)c3n2C)cc(C(C)(C)C)cc1NS(C)(=O)=O. The lowest BCUT2D eigenvalue weighted by molar-refractivity contribution is 0.101. The first-order valence-corrected chi connectivity index (χ1v) is 11.5. The van der Waals surface area contributed by atoms with E-state index in [9.17, 15) is 18.3 Å². The van der Waals surface area contributed by atoms with Gasteiger partial charge in [0.25, 0.3) is 5.91 Å². The zero-order chi connectivity index (χ0) is 23.1. The van der Waals surface area contributed by atoms with Crippen molar-refractivity contribution in [3.05, 3.63) is 47.7 Å². The molecule has 0 radical (unpaired) electrons. The molecule has 0 saturated heterocycles. The van der Waals surface area contributed by atoms with Crippen LogP contribution in [0.1, 0.15) is 36.8 Å². The molecule has 2 aromatic carbocycles. The molecule has 1 aromatic heterocycles. The molecule has 0 aliphatic rings. The minimum absolute atomic E-state index is 0.0750. The molecule has 8 nitrogen and oxygen atoms in total. The number of aromatic nitrogens is 1. The van der Waals surface area contributed by atoms with E-state index in [0.717, 1.165) is 17.2 Å². The van der Waals surface area contributed by atoms with Crippen LogP contribution >= 0.6 is 0 Å². The van der Waals surface area contributed by atoms with Crippen LogP contribution in [-0.4, -0.2) is 37.4 Å². The number of benzene rings is 2. The number of nitrogens with one attached hydrogen (secondary N) is 2. The number of para-hydroxylation sites is 1. The average Bonchev–Trinajstić information content (AvgIpc) is 2.97. The molecular weight excluding hydrogens is 418 g/mol. The fourth-order valence-electron chi connectivity index (χ4n) is 3.45. The molecule has 1 heterocycles. The minimum Gasteiger partial charge on any atom is -0.506 e. The van der Waals surface area contributed by atoms with E-state index in [1.54, 1.807) is 48.0 Å². The molecule has 0 spiro atoms. The van der Waals surface area contributed by atoms with Gasteiger partial charge in [0.2, 0.25) is 10.0 Å². The molecule has 9 heteroatoms. The number of rotatable bonds is 5. The Balaban J connectivity index is 2.11. The van der Waals surface area contributed by atoms with Gasteiger partial charge in [-0.2, -0.15) is 0 Å². The molecular formula is C22H27N3O5S. The van der Waals surface area contributed by atoms with Crippen LogP contribution in [-0.2, 0) is 22.5 Å². The monoisotopic (exact) mass is 445 g/mol. The third-order valence-electron chi connectivity index (χ3n) is 4.97. The van der Waals surface area contributed by atoms with E-state index in [1.165, 1.54) is 7.11 Å². The number of nitrogens with zero attached hydrogens (tertiary/aromatic N) is 1. The van der Waals surface area contributed by atoms with E-state index < -0.39 is 15.9 Å². The second-order valence-corrected chi connectivity index (χ2v) is 10.2. The number of hydrogen-bond donors (Lipinski definition) is 3. The number of amides is 1. The number of aryl methyl sites for hydroxylation is 1. The number of ether oxygens (including phenoxy) is 1. The maximum Gasteiger partial charge on any atom is 0.272 e. The van der Waals surface area contributed by atoms with Crippen LogP contribution in [0.25, 0.3) is 10.9 Å². The normalized spacial score (nSPS) is 12.1. The Morgan fingerprint density at radius 1 is 1.13 bits per heavy atom. The molecule has 0 unspecified atom stereocenters. The van der Waals surface area contributed by atoms with Crippen molar-refractivity contribution in [2.45, 2.75) is 26.2 Å². The first-order valence-electron chi connectivity index (χ1n) is 9.61. The van der Waals surface area contributed by atoms with Gasteiger partial charge in [0.15, 0.2) is 5.75 Å². The molecule has 3 N–H and O–H groups in total. The topological polar surface area (TPSA) is 110 Å². The average molecular weight is 446 g/mol. The highest BCUT2D eigenvalue weighted by molar-refractivity contribution is 7.92. The number of methoxy groups -OCH3 is 1. The van der Waals surface area contributed by atoms with Crippen LogP contribution in [0.4, 0.5) is 11.4 Å². The van der Waals surface area contributed by atoms with E-state index in [0.29, 0.717) is 16.9 Å². The number of sulfonamides is 1. The van der Waals surface area contributed by atoms with Gasteiger partial charge in [-0.15, -0.1) is 0 Å². The number of phenols is 1. The van der Waals surface area contributed by atoms with Crippen molar-refractivity contribution in [2.75, 3.05) is 23.4 Å². The summed E-state index contributed by atoms with van der Waals surface area (Å²) < 4.78 is 33.3. The van der Waals surface area contributed by atoms with Crippen molar-refractivity contribution in [1.29, 1.82) is 0 Å². The Kier molecular flexibility index (Phi) is 5.66. The van der Waals surface area contributed by atoms with Crippen LogP contribution in [0.15, 0.2) is 36.4 Å². The quantitative estimate of drug-likeness (QED) is 0.553. The Morgan fingerprint density at radius 3 is 2.32 bits per heavy atom. The predicted molar refractivity (Wildman–Crippen MR) is 123 cm³/mol. The zero-order valence-electron chi connectivity index (χ0n) is 18.4. The number of fused-ring (bicyclic) bond motifs is 1. The van der Waals surface area contributed by atoms with Gasteiger partial charge in [-0.3, -0.25) is 9.52 Å². The zero-order valence-corrected chi connectivity index (χ0v) is 19.2. The summed E-state index contributed by atoms with van der Waals surface area (Å²) in [5.74, 6) is -0.146. The molecule has 166 valence electrons. The molecule has 3 rings (SSSR count). The number of aromatic hydroxyl groups is 1. The Morgan fingerprint density at radius 2 is 1.77 bits per heavy atom. The minimum atomic E-state index is -3.57. The van der Waals surface area contributed by atoms with Gasteiger partial charge >= 0.3 is 0 Å². The fourth-order valence-corrected chi connectivity index (χ4v) is 4.00. The second-order valence-electron chi connectivity index (χ2n) is 8.49. The Labute approximate surface area is 181 Å². The lowest BCUT2D eigenvalue weighted by Gasteiger charge is -2.24. The molecule has 0 bridgehead atoms. The van der Waals surface area contributed by atoms with Crippen LogP contribution in [0.5, 0.6) is 11.5 Å². The standard InChI is InChI=1S/C22H27N3O5S/c1-22(2,3)14-11-15(20(30-5)16(12-14)24-31(6,28)29)23-21(27)17-10-13-8-7-9-18(26)19(13)25(17)4/h7-12,24,26H,1-6H3,(H,23,27). The molecule has 31 heavy (non-hydrogen) atoms. The van der Waals surface area contributed by atoms with Crippen molar-refractivity contribution in [3.8, 4) is 11.5 Å². The van der Waals surface area contributed by atoms with Gasteiger partial charge in [-0.1, -0.05) is 32.9 Å². The first kappa shape index (κ1) is 22.5. The number of phenolic OH excluding ortho intramolecular Hbond substituents is 1. The van der Waals surface area contributed by atoms with Gasteiger partial charge < -0.3 is 19.7 Å². The summed E-state index contributed by atoms with van der Waals surface area (Å²) in [6.45, 7) is 5.95. The van der Waals surface area contributed by atoms with Crippen molar-refractivity contribution in [1.82, 2.24) is 4.57 Å². The molecule has 0 atom stereocenters. The van der Waals surface area contributed by atoms with Gasteiger partial charge in [0, 0.05) is 12.4 Å². The lowest BCUT2D eigenvalue weighted by atomic mass is 9.86. The Bertz CT molecular complexity index is 1270. The Hall–Kier alpha value is -3.20. The van der Waals surface area contributed by atoms with Crippen LogP contribution < -0.4 is 14.8 Å². The summed E-state index contributed by atoms with van der Waals surface area (Å²) in [5, 5.41) is 13.7. The molecule has 0 aliphatic carbocycles. The third-order valence-corrected chi connectivity index (χ3v) is 5.56. The van der Waals surface area contributed by atoms with E-state index >= 15 is 0 Å². The van der Waals surface area contributed by atoms with Crippen LogP contribution in [0, 0.1) is 0 Å². The number of hydrogen-bond acceptors (Lipinski definition) is 5. The van der Waals surface area contributed by atoms with Gasteiger partial charge in [0.1, 0.15) is 11.4 Å². The van der Waals surface area contributed by atoms with Crippen molar-refractivity contribution in [2.24, 2.45) is 7.05 Å².